The molecule has 0 spiro atoms. The maximum atomic E-state index is 13.4. The molecule has 0 unspecified atom stereocenters. The number of aromatic nitrogens is 1. The summed E-state index contributed by atoms with van der Waals surface area (Å²) in [6.07, 6.45) is 1.73. The van der Waals surface area contributed by atoms with Crippen LogP contribution in [0.15, 0.2) is 60.8 Å². The number of nitrogens with zero attached hydrogens (tertiary/aromatic N) is 2. The van der Waals surface area contributed by atoms with Crippen molar-refractivity contribution in [2.45, 2.75) is 0 Å². The number of rotatable bonds is 6. The predicted octanol–water partition coefficient (Wildman–Crippen LogP) is 3.85. The SMILES string of the molecule is COc1cc(C(=O)Nc2ccccc2-c2ccccn2)c(N2CCOCC2)cc1OC. The fourth-order valence-corrected chi connectivity index (χ4v) is 3.64. The smallest absolute Gasteiger partial charge is 0.257 e. The largest absolute Gasteiger partial charge is 0.493 e. The summed E-state index contributed by atoms with van der Waals surface area (Å²) in [6, 6.07) is 16.9. The number of amides is 1. The molecule has 7 nitrogen and oxygen atoms in total. The monoisotopic (exact) mass is 419 g/mol. The van der Waals surface area contributed by atoms with Crippen LogP contribution < -0.4 is 19.7 Å². The van der Waals surface area contributed by atoms with E-state index in [1.54, 1.807) is 26.5 Å². The van der Waals surface area contributed by atoms with E-state index >= 15 is 0 Å². The van der Waals surface area contributed by atoms with Gasteiger partial charge in [-0.2, -0.15) is 0 Å². The Kier molecular flexibility index (Phi) is 6.33. The van der Waals surface area contributed by atoms with Gasteiger partial charge in [0, 0.05) is 30.9 Å². The summed E-state index contributed by atoms with van der Waals surface area (Å²) in [5.74, 6) is 0.850. The first-order valence-corrected chi connectivity index (χ1v) is 10.1. The number of benzene rings is 2. The Morgan fingerprint density at radius 3 is 2.42 bits per heavy atom. The van der Waals surface area contributed by atoms with Crippen LogP contribution in [0.5, 0.6) is 11.5 Å². The van der Waals surface area contributed by atoms with Crippen molar-refractivity contribution in [2.75, 3.05) is 50.7 Å². The normalized spacial score (nSPS) is 13.5. The highest BCUT2D eigenvalue weighted by Crippen LogP contribution is 2.36. The van der Waals surface area contributed by atoms with E-state index in [4.69, 9.17) is 14.2 Å². The molecule has 4 rings (SSSR count). The number of carbonyl (C=O) groups excluding carboxylic acids is 1. The maximum Gasteiger partial charge on any atom is 0.257 e. The van der Waals surface area contributed by atoms with Gasteiger partial charge in [-0.25, -0.2) is 0 Å². The molecule has 1 aromatic heterocycles. The van der Waals surface area contributed by atoms with Gasteiger partial charge in [-0.15, -0.1) is 0 Å². The molecule has 0 radical (unpaired) electrons. The first-order valence-electron chi connectivity index (χ1n) is 10.1. The third kappa shape index (κ3) is 4.46. The van der Waals surface area contributed by atoms with Crippen molar-refractivity contribution in [1.29, 1.82) is 0 Å². The molecule has 0 bridgehead atoms. The quantitative estimate of drug-likeness (QED) is 0.654. The van der Waals surface area contributed by atoms with E-state index in [1.165, 1.54) is 0 Å². The second-order valence-electron chi connectivity index (χ2n) is 7.04. The molecule has 0 saturated carbocycles. The van der Waals surface area contributed by atoms with Gasteiger partial charge in [0.2, 0.25) is 0 Å². The van der Waals surface area contributed by atoms with E-state index in [9.17, 15) is 4.79 Å². The summed E-state index contributed by atoms with van der Waals surface area (Å²) in [7, 11) is 3.15. The minimum Gasteiger partial charge on any atom is -0.493 e. The second kappa shape index (κ2) is 9.49. The summed E-state index contributed by atoms with van der Waals surface area (Å²) in [6.45, 7) is 2.61. The van der Waals surface area contributed by atoms with Crippen LogP contribution in [0, 0.1) is 0 Å². The number of pyridine rings is 1. The highest BCUT2D eigenvalue weighted by molar-refractivity contribution is 6.10. The van der Waals surface area contributed by atoms with Crippen molar-refractivity contribution in [3.8, 4) is 22.8 Å². The Morgan fingerprint density at radius 2 is 1.71 bits per heavy atom. The molecule has 160 valence electrons. The third-order valence-electron chi connectivity index (χ3n) is 5.21. The lowest BCUT2D eigenvalue weighted by atomic mass is 10.1. The highest BCUT2D eigenvalue weighted by atomic mass is 16.5. The Hall–Kier alpha value is -3.58. The number of hydrogen-bond donors (Lipinski definition) is 1. The van der Waals surface area contributed by atoms with E-state index in [0.717, 1.165) is 16.9 Å². The van der Waals surface area contributed by atoms with Crippen LogP contribution in [0.4, 0.5) is 11.4 Å². The van der Waals surface area contributed by atoms with Gasteiger partial charge in [-0.3, -0.25) is 9.78 Å². The van der Waals surface area contributed by atoms with Crippen molar-refractivity contribution >= 4 is 17.3 Å². The van der Waals surface area contributed by atoms with Crippen molar-refractivity contribution in [3.05, 3.63) is 66.4 Å². The number of anilines is 2. The summed E-state index contributed by atoms with van der Waals surface area (Å²) >= 11 is 0. The van der Waals surface area contributed by atoms with Crippen molar-refractivity contribution in [2.24, 2.45) is 0 Å². The molecule has 1 aliphatic heterocycles. The molecular weight excluding hydrogens is 394 g/mol. The zero-order valence-electron chi connectivity index (χ0n) is 17.6. The van der Waals surface area contributed by atoms with Crippen LogP contribution >= 0.6 is 0 Å². The van der Waals surface area contributed by atoms with Crippen molar-refractivity contribution in [1.82, 2.24) is 4.98 Å². The van der Waals surface area contributed by atoms with Gasteiger partial charge in [-0.05, 0) is 24.3 Å². The number of ether oxygens (including phenoxy) is 3. The molecule has 0 aliphatic carbocycles. The molecule has 1 saturated heterocycles. The highest BCUT2D eigenvalue weighted by Gasteiger charge is 2.23. The average molecular weight is 419 g/mol. The number of carbonyl (C=O) groups is 1. The topological polar surface area (TPSA) is 72.9 Å². The molecule has 7 heteroatoms. The molecule has 1 fully saturated rings. The van der Waals surface area contributed by atoms with Gasteiger partial charge in [0.1, 0.15) is 0 Å². The van der Waals surface area contributed by atoms with Crippen LogP contribution in [0.1, 0.15) is 10.4 Å². The molecule has 1 amide bonds. The zero-order valence-corrected chi connectivity index (χ0v) is 17.6. The van der Waals surface area contributed by atoms with E-state index < -0.39 is 0 Å². The van der Waals surface area contributed by atoms with Crippen LogP contribution in [-0.4, -0.2) is 51.4 Å². The number of nitrogens with one attached hydrogen (secondary N) is 1. The zero-order chi connectivity index (χ0) is 21.6. The van der Waals surface area contributed by atoms with E-state index in [-0.39, 0.29) is 5.91 Å². The second-order valence-corrected chi connectivity index (χ2v) is 7.04. The van der Waals surface area contributed by atoms with E-state index in [2.05, 4.69) is 15.2 Å². The molecule has 31 heavy (non-hydrogen) atoms. The summed E-state index contributed by atoms with van der Waals surface area (Å²) < 4.78 is 16.4. The molecule has 2 aromatic carbocycles. The van der Waals surface area contributed by atoms with Gasteiger partial charge in [-0.1, -0.05) is 24.3 Å². The lowest BCUT2D eigenvalue weighted by Gasteiger charge is -2.31. The fraction of sp³-hybridized carbons (Fsp3) is 0.250. The number of para-hydroxylation sites is 1. The Bertz CT molecular complexity index is 1050. The number of hydrogen-bond acceptors (Lipinski definition) is 6. The number of methoxy groups -OCH3 is 2. The molecule has 3 aromatic rings. The Labute approximate surface area is 181 Å². The number of morpholine rings is 1. The Morgan fingerprint density at radius 1 is 1.00 bits per heavy atom. The van der Waals surface area contributed by atoms with Crippen LogP contribution in [0.2, 0.25) is 0 Å². The van der Waals surface area contributed by atoms with Gasteiger partial charge in [0.15, 0.2) is 11.5 Å². The first kappa shape index (κ1) is 20.7. The predicted molar refractivity (Wildman–Crippen MR) is 120 cm³/mol. The summed E-state index contributed by atoms with van der Waals surface area (Å²) in [4.78, 5) is 20.0. The van der Waals surface area contributed by atoms with Gasteiger partial charge >= 0.3 is 0 Å². The van der Waals surface area contributed by atoms with Gasteiger partial charge in [0.25, 0.3) is 5.91 Å². The molecular formula is C24H25N3O4. The van der Waals surface area contributed by atoms with E-state index in [1.807, 2.05) is 48.5 Å². The minimum atomic E-state index is -0.231. The fourth-order valence-electron chi connectivity index (χ4n) is 3.64. The average Bonchev–Trinajstić information content (AvgIpc) is 2.84. The summed E-state index contributed by atoms with van der Waals surface area (Å²) in [5.41, 5.74) is 3.63. The molecule has 2 heterocycles. The maximum absolute atomic E-state index is 13.4. The lowest BCUT2D eigenvalue weighted by Crippen LogP contribution is -2.37. The van der Waals surface area contributed by atoms with Crippen molar-refractivity contribution in [3.63, 3.8) is 0 Å². The van der Waals surface area contributed by atoms with Crippen molar-refractivity contribution < 1.29 is 19.0 Å². The Balaban J connectivity index is 1.72. The van der Waals surface area contributed by atoms with Crippen LogP contribution in [-0.2, 0) is 4.74 Å². The third-order valence-corrected chi connectivity index (χ3v) is 5.21. The molecule has 1 aliphatic rings. The van der Waals surface area contributed by atoms with Crippen LogP contribution in [0.25, 0.3) is 11.3 Å². The van der Waals surface area contributed by atoms with E-state index in [0.29, 0.717) is 49.1 Å². The first-order chi connectivity index (χ1) is 15.2. The van der Waals surface area contributed by atoms with Gasteiger partial charge in [0.05, 0.1) is 50.1 Å². The standard InChI is InChI=1S/C24H25N3O4/c1-29-22-15-18(21(16-23(22)30-2)27-11-13-31-14-12-27)24(28)26-20-9-4-3-7-17(20)19-8-5-6-10-25-19/h3-10,15-16H,11-14H2,1-2H3,(H,26,28). The lowest BCUT2D eigenvalue weighted by molar-refractivity contribution is 0.102. The minimum absolute atomic E-state index is 0.231. The summed E-state index contributed by atoms with van der Waals surface area (Å²) in [5, 5.41) is 3.06. The molecule has 1 N–H and O–H groups in total. The van der Waals surface area contributed by atoms with Crippen LogP contribution in [0.3, 0.4) is 0 Å². The van der Waals surface area contributed by atoms with Gasteiger partial charge < -0.3 is 24.4 Å². The molecule has 0 atom stereocenters.